The number of aryl methyl sites for hydroxylation is 1. The first-order valence-corrected chi connectivity index (χ1v) is 10.3. The Morgan fingerprint density at radius 1 is 1.17 bits per heavy atom. The Hall–Kier alpha value is -2.98. The number of carbonyl (C=O) groups is 1. The van der Waals surface area contributed by atoms with Gasteiger partial charge in [0.1, 0.15) is 18.8 Å². The molecule has 0 aromatic heterocycles. The third kappa shape index (κ3) is 6.54. The molecule has 0 aliphatic heterocycles. The molecule has 0 fully saturated rings. The number of hydrogen-bond acceptors (Lipinski definition) is 7. The number of esters is 1. The molecular weight excluding hydrogens is 398 g/mol. The topological polar surface area (TPSA) is 128 Å². The minimum atomic E-state index is -4.13. The first-order chi connectivity index (χ1) is 13.6. The van der Waals surface area contributed by atoms with Crippen LogP contribution in [0.5, 0.6) is 0 Å². The van der Waals surface area contributed by atoms with Crippen LogP contribution in [0.25, 0.3) is 0 Å². The van der Waals surface area contributed by atoms with E-state index in [9.17, 15) is 23.3 Å². The van der Waals surface area contributed by atoms with Crippen LogP contribution in [0.15, 0.2) is 47.4 Å². The van der Waals surface area contributed by atoms with Gasteiger partial charge in [0.05, 0.1) is 9.82 Å². The molecule has 9 nitrogen and oxygen atoms in total. The van der Waals surface area contributed by atoms with Gasteiger partial charge in [-0.05, 0) is 38.5 Å². The molecule has 0 saturated carbocycles. The molecule has 2 aromatic carbocycles. The molecule has 2 aromatic rings. The van der Waals surface area contributed by atoms with Crippen molar-refractivity contribution in [2.75, 3.05) is 11.9 Å². The molecule has 156 valence electrons. The van der Waals surface area contributed by atoms with Crippen molar-refractivity contribution >= 4 is 27.4 Å². The second kappa shape index (κ2) is 9.48. The van der Waals surface area contributed by atoms with E-state index in [1.807, 2.05) is 19.1 Å². The van der Waals surface area contributed by atoms with Gasteiger partial charge in [0.2, 0.25) is 10.0 Å². The highest BCUT2D eigenvalue weighted by atomic mass is 32.2. The Morgan fingerprint density at radius 2 is 1.83 bits per heavy atom. The molecule has 0 heterocycles. The number of nitro benzene ring substituents is 1. The van der Waals surface area contributed by atoms with Gasteiger partial charge in [0, 0.05) is 12.1 Å². The van der Waals surface area contributed by atoms with E-state index < -0.39 is 27.5 Å². The standard InChI is InChI=1S/C19H23N3O6S/c1-13(2)21-17-9-8-16(10-18(17)22(24)25)29(26,27)20-11-19(23)28-12-15-6-4-14(3)5-7-15/h4-10,13,20-21H,11-12H2,1-3H3. The van der Waals surface area contributed by atoms with Crippen LogP contribution in [0.4, 0.5) is 11.4 Å². The van der Waals surface area contributed by atoms with E-state index in [-0.39, 0.29) is 28.9 Å². The van der Waals surface area contributed by atoms with E-state index in [4.69, 9.17) is 4.74 Å². The van der Waals surface area contributed by atoms with Gasteiger partial charge in [-0.15, -0.1) is 0 Å². The monoisotopic (exact) mass is 421 g/mol. The minimum absolute atomic E-state index is 0.0158. The van der Waals surface area contributed by atoms with E-state index >= 15 is 0 Å². The molecule has 0 amide bonds. The van der Waals surface area contributed by atoms with E-state index in [1.54, 1.807) is 26.0 Å². The third-order valence-electron chi connectivity index (χ3n) is 3.85. The predicted octanol–water partition coefficient (Wildman–Crippen LogP) is 2.75. The molecule has 0 aliphatic carbocycles. The molecule has 0 radical (unpaired) electrons. The fraction of sp³-hybridized carbons (Fsp3) is 0.316. The lowest BCUT2D eigenvalue weighted by Gasteiger charge is -2.12. The van der Waals surface area contributed by atoms with E-state index in [2.05, 4.69) is 10.0 Å². The van der Waals surface area contributed by atoms with Gasteiger partial charge in [0.15, 0.2) is 0 Å². The highest BCUT2D eigenvalue weighted by Crippen LogP contribution is 2.28. The van der Waals surface area contributed by atoms with Gasteiger partial charge in [0.25, 0.3) is 5.69 Å². The van der Waals surface area contributed by atoms with Crippen LogP contribution in [0.3, 0.4) is 0 Å². The molecule has 2 N–H and O–H groups in total. The van der Waals surface area contributed by atoms with Crippen molar-refractivity contribution < 1.29 is 22.9 Å². The first kappa shape index (κ1) is 22.3. The quantitative estimate of drug-likeness (QED) is 0.362. The highest BCUT2D eigenvalue weighted by molar-refractivity contribution is 7.89. The molecule has 29 heavy (non-hydrogen) atoms. The average Bonchev–Trinajstić information content (AvgIpc) is 2.65. The Morgan fingerprint density at radius 3 is 2.41 bits per heavy atom. The van der Waals surface area contributed by atoms with Crippen molar-refractivity contribution in [2.45, 2.75) is 38.3 Å². The Bertz CT molecular complexity index is 988. The number of ether oxygens (including phenoxy) is 1. The van der Waals surface area contributed by atoms with Crippen LogP contribution in [0.1, 0.15) is 25.0 Å². The second-order valence-corrected chi connectivity index (χ2v) is 8.47. The normalized spacial score (nSPS) is 11.3. The number of sulfonamides is 1. The number of carbonyl (C=O) groups excluding carboxylic acids is 1. The summed E-state index contributed by atoms with van der Waals surface area (Å²) in [7, 11) is -4.13. The molecule has 0 saturated heterocycles. The highest BCUT2D eigenvalue weighted by Gasteiger charge is 2.22. The Balaban J connectivity index is 2.02. The van der Waals surface area contributed by atoms with Crippen LogP contribution < -0.4 is 10.0 Å². The van der Waals surface area contributed by atoms with Crippen LogP contribution >= 0.6 is 0 Å². The summed E-state index contributed by atoms with van der Waals surface area (Å²) in [6.07, 6.45) is 0. The summed E-state index contributed by atoms with van der Waals surface area (Å²) in [5, 5.41) is 14.2. The smallest absolute Gasteiger partial charge is 0.321 e. The number of nitro groups is 1. The molecule has 0 bridgehead atoms. The number of nitrogens with zero attached hydrogens (tertiary/aromatic N) is 1. The Labute approximate surface area is 169 Å². The minimum Gasteiger partial charge on any atom is -0.460 e. The summed E-state index contributed by atoms with van der Waals surface area (Å²) < 4.78 is 31.9. The lowest BCUT2D eigenvalue weighted by atomic mass is 10.2. The number of nitrogens with one attached hydrogen (secondary N) is 2. The van der Waals surface area contributed by atoms with Crippen molar-refractivity contribution in [1.82, 2.24) is 4.72 Å². The molecule has 0 unspecified atom stereocenters. The molecule has 2 rings (SSSR count). The maximum absolute atomic E-state index is 12.4. The number of benzene rings is 2. The maximum Gasteiger partial charge on any atom is 0.321 e. The molecule has 0 atom stereocenters. The summed E-state index contributed by atoms with van der Waals surface area (Å²) in [6, 6.07) is 10.8. The zero-order valence-corrected chi connectivity index (χ0v) is 17.2. The van der Waals surface area contributed by atoms with E-state index in [1.165, 1.54) is 12.1 Å². The maximum atomic E-state index is 12.4. The number of rotatable bonds is 9. The summed E-state index contributed by atoms with van der Waals surface area (Å²) in [5.41, 5.74) is 1.68. The van der Waals surface area contributed by atoms with Gasteiger partial charge in [-0.25, -0.2) is 8.42 Å². The molecule has 10 heteroatoms. The van der Waals surface area contributed by atoms with Crippen LogP contribution in [-0.4, -0.2) is 31.9 Å². The second-order valence-electron chi connectivity index (χ2n) is 6.71. The fourth-order valence-corrected chi connectivity index (χ4v) is 3.39. The lowest BCUT2D eigenvalue weighted by molar-refractivity contribution is -0.384. The molecule has 0 aliphatic rings. The summed E-state index contributed by atoms with van der Waals surface area (Å²) in [6.45, 7) is 4.96. The van der Waals surface area contributed by atoms with Gasteiger partial charge < -0.3 is 10.1 Å². The Kier molecular flexibility index (Phi) is 7.29. The summed E-state index contributed by atoms with van der Waals surface area (Å²) in [5.74, 6) is -0.762. The third-order valence-corrected chi connectivity index (χ3v) is 5.25. The van der Waals surface area contributed by atoms with Gasteiger partial charge >= 0.3 is 5.97 Å². The fourth-order valence-electron chi connectivity index (χ4n) is 2.40. The zero-order chi connectivity index (χ0) is 21.6. The molecular formula is C19H23N3O6S. The van der Waals surface area contributed by atoms with Gasteiger partial charge in [-0.1, -0.05) is 29.8 Å². The molecule has 0 spiro atoms. The number of anilines is 1. The summed E-state index contributed by atoms with van der Waals surface area (Å²) >= 11 is 0. The largest absolute Gasteiger partial charge is 0.460 e. The zero-order valence-electron chi connectivity index (χ0n) is 16.3. The van der Waals surface area contributed by atoms with Crippen molar-refractivity contribution in [3.63, 3.8) is 0 Å². The van der Waals surface area contributed by atoms with Gasteiger partial charge in [-0.3, -0.25) is 14.9 Å². The van der Waals surface area contributed by atoms with Crippen molar-refractivity contribution in [3.05, 3.63) is 63.7 Å². The van der Waals surface area contributed by atoms with Crippen molar-refractivity contribution in [3.8, 4) is 0 Å². The average molecular weight is 421 g/mol. The lowest BCUT2D eigenvalue weighted by Crippen LogP contribution is -2.30. The summed E-state index contributed by atoms with van der Waals surface area (Å²) in [4.78, 5) is 22.1. The van der Waals surface area contributed by atoms with Crippen LogP contribution in [-0.2, 0) is 26.2 Å². The van der Waals surface area contributed by atoms with Crippen LogP contribution in [0.2, 0.25) is 0 Å². The van der Waals surface area contributed by atoms with Gasteiger partial charge in [-0.2, -0.15) is 4.72 Å². The van der Waals surface area contributed by atoms with Crippen molar-refractivity contribution in [2.24, 2.45) is 0 Å². The number of hydrogen-bond donors (Lipinski definition) is 2. The predicted molar refractivity (Wildman–Crippen MR) is 108 cm³/mol. The first-order valence-electron chi connectivity index (χ1n) is 8.84. The van der Waals surface area contributed by atoms with Crippen LogP contribution in [0, 0.1) is 17.0 Å². The van der Waals surface area contributed by atoms with E-state index in [0.717, 1.165) is 17.2 Å². The van der Waals surface area contributed by atoms with E-state index in [0.29, 0.717) is 0 Å². The van der Waals surface area contributed by atoms with Crippen molar-refractivity contribution in [1.29, 1.82) is 0 Å². The SMILES string of the molecule is Cc1ccc(COC(=O)CNS(=O)(=O)c2ccc(NC(C)C)c([N+](=O)[O-])c2)cc1.